The summed E-state index contributed by atoms with van der Waals surface area (Å²) in [6.45, 7) is -0.321. The summed E-state index contributed by atoms with van der Waals surface area (Å²) in [4.78, 5) is 32.8. The molecule has 0 fully saturated rings. The van der Waals surface area contributed by atoms with Gasteiger partial charge in [-0.3, -0.25) is 14.4 Å². The zero-order valence-electron chi connectivity index (χ0n) is 29.0. The van der Waals surface area contributed by atoms with Crippen molar-refractivity contribution in [3.05, 3.63) is 122 Å². The Hall–Kier alpha value is -5.24. The number of thiophene rings is 2. The molecule has 0 unspecified atom stereocenters. The van der Waals surface area contributed by atoms with Crippen molar-refractivity contribution in [3.63, 3.8) is 0 Å². The van der Waals surface area contributed by atoms with Crippen molar-refractivity contribution in [1.82, 2.24) is 29.9 Å². The Morgan fingerprint density at radius 2 is 1.21 bits per heavy atom. The molecule has 0 spiro atoms. The molecule has 0 radical (unpaired) electrons. The second-order valence-corrected chi connectivity index (χ2v) is 14.3. The summed E-state index contributed by atoms with van der Waals surface area (Å²) in [6.07, 6.45) is 10.9. The third-order valence-electron chi connectivity index (χ3n) is 7.90. The molecule has 8 nitrogen and oxygen atoms in total. The fraction of sp³-hybridized carbons (Fsp3) is 0.150. The van der Waals surface area contributed by atoms with E-state index in [1.165, 1.54) is 4.88 Å². The van der Waals surface area contributed by atoms with Gasteiger partial charge in [0, 0.05) is 106 Å². The molecule has 8 rings (SSSR count). The zero-order chi connectivity index (χ0) is 37.0. The van der Waals surface area contributed by atoms with Gasteiger partial charge in [0.2, 0.25) is 0 Å². The first kappa shape index (κ1) is 37.5. The smallest absolute Gasteiger partial charge is 0.128 e. The molecule has 0 saturated heterocycles. The van der Waals surface area contributed by atoms with Crippen LogP contribution in [0, 0.1) is 0 Å². The summed E-state index contributed by atoms with van der Waals surface area (Å²) in [7, 11) is 3.69. The van der Waals surface area contributed by atoms with Crippen LogP contribution in [0.4, 0.5) is 20.4 Å². The second kappa shape index (κ2) is 18.5. The van der Waals surface area contributed by atoms with Gasteiger partial charge in [-0.2, -0.15) is 0 Å². The van der Waals surface area contributed by atoms with Gasteiger partial charge in [0.15, 0.2) is 0 Å². The van der Waals surface area contributed by atoms with Crippen LogP contribution in [0.25, 0.3) is 63.8 Å². The molecule has 0 aliphatic heterocycles. The Balaban J connectivity index is 0.000000166. The average Bonchev–Trinajstić information content (AvgIpc) is 3.86. The molecular formula is C40H35BrF2N8S2. The number of pyridine rings is 6. The molecule has 8 aromatic rings. The van der Waals surface area contributed by atoms with Crippen LogP contribution in [-0.4, -0.2) is 69.2 Å². The van der Waals surface area contributed by atoms with E-state index >= 15 is 0 Å². The molecule has 0 aliphatic carbocycles. The largest absolute Gasteiger partial charge is 0.373 e. The highest BCUT2D eigenvalue weighted by molar-refractivity contribution is 9.09. The molecule has 0 amide bonds. The zero-order valence-corrected chi connectivity index (χ0v) is 32.2. The Bertz CT molecular complexity index is 2340. The molecule has 0 aliphatic rings. The topological polar surface area (TPSA) is 92.6 Å². The van der Waals surface area contributed by atoms with Crippen molar-refractivity contribution in [1.29, 1.82) is 0 Å². The van der Waals surface area contributed by atoms with Crippen LogP contribution >= 0.6 is 38.6 Å². The lowest BCUT2D eigenvalue weighted by molar-refractivity contribution is 0.496. The molecule has 1 N–H and O–H groups in total. The summed E-state index contributed by atoms with van der Waals surface area (Å²) < 4.78 is 23.1. The van der Waals surface area contributed by atoms with Gasteiger partial charge >= 0.3 is 0 Å². The SMILES string of the molecule is CN(CCF)c1ccc(-c2ccc3cc(-c4cccnc4)sc3n2)cn1.CNc1ccc(-c2ccc3cc(-c4cccnc4)sc3n2)cn1.FCCBr. The number of anilines is 2. The molecule has 268 valence electrons. The maximum atomic E-state index is 12.5. The number of hydrogen-bond donors (Lipinski definition) is 1. The van der Waals surface area contributed by atoms with E-state index in [-0.39, 0.29) is 6.67 Å². The summed E-state index contributed by atoms with van der Waals surface area (Å²) >= 11 is 6.21. The summed E-state index contributed by atoms with van der Waals surface area (Å²) in [6, 6.07) is 28.4. The monoisotopic (exact) mass is 808 g/mol. The van der Waals surface area contributed by atoms with Crippen molar-refractivity contribution in [2.24, 2.45) is 0 Å². The van der Waals surface area contributed by atoms with E-state index < -0.39 is 6.67 Å². The quantitative estimate of drug-likeness (QED) is 0.144. The van der Waals surface area contributed by atoms with Crippen LogP contribution in [0.1, 0.15) is 0 Å². The molecule has 0 saturated carbocycles. The number of nitrogens with one attached hydrogen (secondary N) is 1. The van der Waals surface area contributed by atoms with Gasteiger partial charge in [0.05, 0.1) is 18.1 Å². The highest BCUT2D eigenvalue weighted by Crippen LogP contribution is 2.35. The van der Waals surface area contributed by atoms with Crippen molar-refractivity contribution < 1.29 is 8.78 Å². The van der Waals surface area contributed by atoms with Gasteiger partial charge in [-0.25, -0.2) is 24.3 Å². The lowest BCUT2D eigenvalue weighted by Gasteiger charge is -2.16. The van der Waals surface area contributed by atoms with E-state index in [2.05, 4.69) is 77.6 Å². The number of fused-ring (bicyclic) bond motifs is 2. The molecule has 13 heteroatoms. The first-order valence-corrected chi connectivity index (χ1v) is 19.4. The maximum Gasteiger partial charge on any atom is 0.128 e. The number of halogens is 3. The van der Waals surface area contributed by atoms with Gasteiger partial charge in [-0.15, -0.1) is 22.7 Å². The Kier molecular flexibility index (Phi) is 13.1. The van der Waals surface area contributed by atoms with Crippen molar-refractivity contribution in [2.75, 3.05) is 49.5 Å². The molecule has 53 heavy (non-hydrogen) atoms. The van der Waals surface area contributed by atoms with Gasteiger partial charge in [0.25, 0.3) is 0 Å². The predicted octanol–water partition coefficient (Wildman–Crippen LogP) is 10.6. The van der Waals surface area contributed by atoms with Gasteiger partial charge in [-0.1, -0.05) is 28.1 Å². The van der Waals surface area contributed by atoms with E-state index in [1.807, 2.05) is 81.2 Å². The Morgan fingerprint density at radius 1 is 0.660 bits per heavy atom. The molecule has 0 bridgehead atoms. The number of alkyl halides is 3. The second-order valence-electron chi connectivity index (χ2n) is 11.5. The summed E-state index contributed by atoms with van der Waals surface area (Å²) in [5.74, 6) is 1.60. The lowest BCUT2D eigenvalue weighted by Crippen LogP contribution is -2.20. The maximum absolute atomic E-state index is 12.5. The average molecular weight is 810 g/mol. The third kappa shape index (κ3) is 9.60. The van der Waals surface area contributed by atoms with Crippen molar-refractivity contribution in [2.45, 2.75) is 0 Å². The van der Waals surface area contributed by atoms with E-state index in [1.54, 1.807) is 46.2 Å². The normalized spacial score (nSPS) is 10.7. The first-order chi connectivity index (χ1) is 26.0. The van der Waals surface area contributed by atoms with Crippen LogP contribution in [-0.2, 0) is 0 Å². The number of nitrogens with zero attached hydrogens (tertiary/aromatic N) is 7. The van der Waals surface area contributed by atoms with Crippen molar-refractivity contribution >= 4 is 70.7 Å². The van der Waals surface area contributed by atoms with Crippen LogP contribution in [0.5, 0.6) is 0 Å². The molecule has 8 aromatic heterocycles. The Morgan fingerprint density at radius 3 is 1.62 bits per heavy atom. The van der Waals surface area contributed by atoms with E-state index in [9.17, 15) is 8.78 Å². The lowest BCUT2D eigenvalue weighted by atomic mass is 10.1. The van der Waals surface area contributed by atoms with Crippen molar-refractivity contribution in [3.8, 4) is 43.4 Å². The predicted molar refractivity (Wildman–Crippen MR) is 221 cm³/mol. The summed E-state index contributed by atoms with van der Waals surface area (Å²) in [5, 5.41) is 5.75. The van der Waals surface area contributed by atoms with Crippen LogP contribution in [0.15, 0.2) is 122 Å². The highest BCUT2D eigenvalue weighted by Gasteiger charge is 2.10. The molecule has 8 heterocycles. The van der Waals surface area contributed by atoms with Gasteiger partial charge in [-0.05, 0) is 72.8 Å². The van der Waals surface area contributed by atoms with Crippen LogP contribution < -0.4 is 10.2 Å². The third-order valence-corrected chi connectivity index (χ3v) is 10.4. The van der Waals surface area contributed by atoms with Gasteiger partial charge in [0.1, 0.15) is 28.0 Å². The fourth-order valence-corrected chi connectivity index (χ4v) is 7.20. The first-order valence-electron chi connectivity index (χ1n) is 16.6. The molecular weight excluding hydrogens is 775 g/mol. The van der Waals surface area contributed by atoms with E-state index in [0.717, 1.165) is 70.6 Å². The number of hydrogen-bond acceptors (Lipinski definition) is 10. The van der Waals surface area contributed by atoms with E-state index in [4.69, 9.17) is 9.97 Å². The minimum atomic E-state index is -0.393. The molecule has 0 aromatic carbocycles. The summed E-state index contributed by atoms with van der Waals surface area (Å²) in [5.41, 5.74) is 6.00. The fourth-order valence-electron chi connectivity index (χ4n) is 5.16. The number of rotatable bonds is 9. The van der Waals surface area contributed by atoms with Crippen LogP contribution in [0.2, 0.25) is 0 Å². The van der Waals surface area contributed by atoms with Gasteiger partial charge < -0.3 is 10.2 Å². The number of aromatic nitrogens is 6. The van der Waals surface area contributed by atoms with Crippen LogP contribution in [0.3, 0.4) is 0 Å². The molecule has 0 atom stereocenters. The Labute approximate surface area is 322 Å². The minimum absolute atomic E-state index is 0.264. The highest BCUT2D eigenvalue weighted by atomic mass is 79.9. The van der Waals surface area contributed by atoms with E-state index in [0.29, 0.717) is 11.9 Å². The standard InChI is InChI=1S/C20H17FN4S.C18H14N4S.C2H4BrF/c1-25(10-8-21)19-7-5-15(13-23-19)17-6-4-14-11-18(26-20(14)24-17)16-3-2-9-22-12-16;1-19-17-7-5-13(11-21-17)15-6-4-12-9-16(23-18(12)22-15)14-3-2-8-20-10-14;3-1-2-4/h2-7,9,11-13H,8,10H2,1H3;2-11H,1H3,(H,19,21);1-2H2. The minimum Gasteiger partial charge on any atom is -0.373 e.